The molecule has 24 heavy (non-hydrogen) atoms. The molecule has 1 aliphatic heterocycles. The molecular weight excluding hydrogens is 298 g/mol. The van der Waals surface area contributed by atoms with Crippen molar-refractivity contribution in [3.05, 3.63) is 48.1 Å². The van der Waals surface area contributed by atoms with Gasteiger partial charge >= 0.3 is 0 Å². The van der Waals surface area contributed by atoms with E-state index in [0.29, 0.717) is 0 Å². The SMILES string of the molecule is CC[C@@]1(/C=C/C2=CCCCC2)CCN(c2ccc(OC)cc2)C1=O. The first-order chi connectivity index (χ1) is 11.7. The van der Waals surface area contributed by atoms with Crippen molar-refractivity contribution < 1.29 is 9.53 Å². The van der Waals surface area contributed by atoms with Gasteiger partial charge in [-0.15, -0.1) is 0 Å². The van der Waals surface area contributed by atoms with Gasteiger partial charge in [0.25, 0.3) is 0 Å². The highest BCUT2D eigenvalue weighted by Crippen LogP contribution is 2.40. The summed E-state index contributed by atoms with van der Waals surface area (Å²) in [5.41, 5.74) is 2.00. The van der Waals surface area contributed by atoms with Crippen LogP contribution in [0, 0.1) is 5.41 Å². The van der Waals surface area contributed by atoms with Crippen molar-refractivity contribution in [2.75, 3.05) is 18.6 Å². The summed E-state index contributed by atoms with van der Waals surface area (Å²) < 4.78 is 5.21. The van der Waals surface area contributed by atoms with Crippen molar-refractivity contribution in [2.45, 2.75) is 45.4 Å². The van der Waals surface area contributed by atoms with Crippen LogP contribution in [0.1, 0.15) is 45.4 Å². The number of methoxy groups -OCH3 is 1. The highest BCUT2D eigenvalue weighted by atomic mass is 16.5. The Hall–Kier alpha value is -2.03. The monoisotopic (exact) mass is 325 g/mol. The second kappa shape index (κ2) is 7.25. The molecule has 1 aliphatic carbocycles. The first kappa shape index (κ1) is 16.8. The summed E-state index contributed by atoms with van der Waals surface area (Å²) in [5, 5.41) is 0. The van der Waals surface area contributed by atoms with Gasteiger partial charge in [-0.25, -0.2) is 0 Å². The third kappa shape index (κ3) is 3.26. The molecule has 2 aliphatic rings. The third-order valence-corrected chi connectivity index (χ3v) is 5.41. The molecule has 1 heterocycles. The topological polar surface area (TPSA) is 29.5 Å². The molecule has 1 aromatic carbocycles. The summed E-state index contributed by atoms with van der Waals surface area (Å²) in [6.07, 6.45) is 13.3. The van der Waals surface area contributed by atoms with Crippen molar-refractivity contribution in [3.63, 3.8) is 0 Å². The third-order valence-electron chi connectivity index (χ3n) is 5.41. The minimum absolute atomic E-state index is 0.225. The van der Waals surface area contributed by atoms with Crippen molar-refractivity contribution in [1.29, 1.82) is 0 Å². The van der Waals surface area contributed by atoms with E-state index in [-0.39, 0.29) is 11.3 Å². The maximum atomic E-state index is 13.1. The molecule has 0 saturated carbocycles. The van der Waals surface area contributed by atoms with E-state index < -0.39 is 0 Å². The summed E-state index contributed by atoms with van der Waals surface area (Å²) in [6, 6.07) is 7.76. The average molecular weight is 325 g/mol. The van der Waals surface area contributed by atoms with Gasteiger partial charge < -0.3 is 9.64 Å². The molecule has 0 N–H and O–H groups in total. The minimum atomic E-state index is -0.349. The Morgan fingerprint density at radius 2 is 2.04 bits per heavy atom. The standard InChI is InChI=1S/C21H27NO2/c1-3-21(14-13-17-7-5-4-6-8-17)15-16-22(20(21)23)18-9-11-19(24-2)12-10-18/h7,9-14H,3-6,8,15-16H2,1-2H3/b14-13+/t21-/m1/s1. The van der Waals surface area contributed by atoms with Crippen LogP contribution in [0.3, 0.4) is 0 Å². The van der Waals surface area contributed by atoms with Crippen molar-refractivity contribution >= 4 is 11.6 Å². The van der Waals surface area contributed by atoms with E-state index in [1.807, 2.05) is 29.2 Å². The van der Waals surface area contributed by atoms with Gasteiger partial charge in [0, 0.05) is 12.2 Å². The summed E-state index contributed by atoms with van der Waals surface area (Å²) in [5.74, 6) is 1.04. The molecule has 1 amide bonds. The Labute approximate surface area is 145 Å². The molecule has 0 radical (unpaired) electrons. The molecule has 0 bridgehead atoms. The maximum absolute atomic E-state index is 13.1. The molecule has 3 heteroatoms. The van der Waals surface area contributed by atoms with Gasteiger partial charge in [-0.05, 0) is 62.8 Å². The molecular formula is C21H27NO2. The summed E-state index contributed by atoms with van der Waals surface area (Å²) >= 11 is 0. The van der Waals surface area contributed by atoms with Gasteiger partial charge in [-0.2, -0.15) is 0 Å². The first-order valence-electron chi connectivity index (χ1n) is 9.03. The molecule has 0 aromatic heterocycles. The number of carbonyl (C=O) groups excluding carboxylic acids is 1. The molecule has 3 nitrogen and oxygen atoms in total. The Kier molecular flexibility index (Phi) is 5.08. The second-order valence-electron chi connectivity index (χ2n) is 6.77. The first-order valence-corrected chi connectivity index (χ1v) is 9.03. The lowest BCUT2D eigenvalue weighted by molar-refractivity contribution is -0.123. The fourth-order valence-electron chi connectivity index (χ4n) is 3.68. The Balaban J connectivity index is 1.78. The zero-order valence-electron chi connectivity index (χ0n) is 14.8. The largest absolute Gasteiger partial charge is 0.497 e. The number of amides is 1. The number of carbonyl (C=O) groups is 1. The van der Waals surface area contributed by atoms with E-state index in [1.54, 1.807) is 7.11 Å². The number of nitrogens with zero attached hydrogens (tertiary/aromatic N) is 1. The van der Waals surface area contributed by atoms with Crippen molar-refractivity contribution in [3.8, 4) is 5.75 Å². The Bertz CT molecular complexity index is 644. The van der Waals surface area contributed by atoms with Crippen molar-refractivity contribution in [1.82, 2.24) is 0 Å². The summed E-state index contributed by atoms with van der Waals surface area (Å²) in [6.45, 7) is 2.90. The molecule has 0 unspecified atom stereocenters. The van der Waals surface area contributed by atoms with Crippen LogP contribution in [0.4, 0.5) is 5.69 Å². The fraction of sp³-hybridized carbons (Fsp3) is 0.476. The minimum Gasteiger partial charge on any atom is -0.497 e. The van der Waals surface area contributed by atoms with Crippen molar-refractivity contribution in [2.24, 2.45) is 5.41 Å². The van der Waals surface area contributed by atoms with Crippen LogP contribution in [-0.4, -0.2) is 19.6 Å². The van der Waals surface area contributed by atoms with Crippen LogP contribution in [0.25, 0.3) is 0 Å². The zero-order valence-corrected chi connectivity index (χ0v) is 14.8. The summed E-state index contributed by atoms with van der Waals surface area (Å²) in [7, 11) is 1.66. The Morgan fingerprint density at radius 3 is 2.67 bits per heavy atom. The lowest BCUT2D eigenvalue weighted by atomic mass is 9.82. The summed E-state index contributed by atoms with van der Waals surface area (Å²) in [4.78, 5) is 15.0. The number of rotatable bonds is 5. The predicted molar refractivity (Wildman–Crippen MR) is 98.4 cm³/mol. The Morgan fingerprint density at radius 1 is 1.25 bits per heavy atom. The van der Waals surface area contributed by atoms with E-state index in [4.69, 9.17) is 4.74 Å². The van der Waals surface area contributed by atoms with E-state index >= 15 is 0 Å². The van der Waals surface area contributed by atoms with Gasteiger partial charge in [0.2, 0.25) is 5.91 Å². The molecule has 1 saturated heterocycles. The number of allylic oxidation sites excluding steroid dienone is 3. The average Bonchev–Trinajstić information content (AvgIpc) is 2.98. The fourth-order valence-corrected chi connectivity index (χ4v) is 3.68. The number of hydrogen-bond donors (Lipinski definition) is 0. The van der Waals surface area contributed by atoms with Crippen LogP contribution in [0.2, 0.25) is 0 Å². The van der Waals surface area contributed by atoms with Gasteiger partial charge in [0.1, 0.15) is 5.75 Å². The molecule has 0 spiro atoms. The number of benzene rings is 1. The van der Waals surface area contributed by atoms with E-state index in [0.717, 1.165) is 37.2 Å². The highest BCUT2D eigenvalue weighted by molar-refractivity contribution is 6.01. The van der Waals surface area contributed by atoms with Crippen LogP contribution < -0.4 is 9.64 Å². The van der Waals surface area contributed by atoms with Gasteiger partial charge in [-0.3, -0.25) is 4.79 Å². The van der Waals surface area contributed by atoms with E-state index in [2.05, 4.69) is 25.2 Å². The van der Waals surface area contributed by atoms with Crippen LogP contribution in [0.5, 0.6) is 5.75 Å². The molecule has 1 aromatic rings. The van der Waals surface area contributed by atoms with E-state index in [9.17, 15) is 4.79 Å². The zero-order chi connectivity index (χ0) is 17.0. The van der Waals surface area contributed by atoms with Gasteiger partial charge in [0.15, 0.2) is 0 Å². The van der Waals surface area contributed by atoms with Crippen LogP contribution in [0.15, 0.2) is 48.1 Å². The quantitative estimate of drug-likeness (QED) is 0.772. The maximum Gasteiger partial charge on any atom is 0.237 e. The lowest BCUT2D eigenvalue weighted by Gasteiger charge is -2.24. The molecule has 128 valence electrons. The lowest BCUT2D eigenvalue weighted by Crippen LogP contribution is -2.33. The van der Waals surface area contributed by atoms with Gasteiger partial charge in [-0.1, -0.05) is 30.7 Å². The van der Waals surface area contributed by atoms with E-state index in [1.165, 1.54) is 24.8 Å². The second-order valence-corrected chi connectivity index (χ2v) is 6.77. The van der Waals surface area contributed by atoms with Gasteiger partial charge in [0.05, 0.1) is 12.5 Å². The molecule has 1 atom stereocenters. The number of anilines is 1. The number of ether oxygens (including phenoxy) is 1. The molecule has 1 fully saturated rings. The van der Waals surface area contributed by atoms with Crippen LogP contribution >= 0.6 is 0 Å². The van der Waals surface area contributed by atoms with Crippen LogP contribution in [-0.2, 0) is 4.79 Å². The number of hydrogen-bond acceptors (Lipinski definition) is 2. The normalized spacial score (nSPS) is 24.5. The highest BCUT2D eigenvalue weighted by Gasteiger charge is 2.43. The molecule has 3 rings (SSSR count). The predicted octanol–water partition coefficient (Wildman–Crippen LogP) is 4.88. The smallest absolute Gasteiger partial charge is 0.237 e.